The highest BCUT2D eigenvalue weighted by Gasteiger charge is 2.28. The molecular weight excluding hydrogens is 286 g/mol. The first-order chi connectivity index (χ1) is 11.3. The van der Waals surface area contributed by atoms with Crippen LogP contribution >= 0.6 is 0 Å². The number of nitriles is 1. The minimum atomic E-state index is -0.521. The molecule has 2 atom stereocenters. The van der Waals surface area contributed by atoms with E-state index in [9.17, 15) is 4.79 Å². The maximum absolute atomic E-state index is 12.1. The number of carbonyl (C=O) groups excluding carboxylic acids is 1. The van der Waals surface area contributed by atoms with E-state index < -0.39 is 5.92 Å². The number of hydrogen-bond donors (Lipinski definition) is 0. The minimum Gasteiger partial charge on any atom is -0.469 e. The van der Waals surface area contributed by atoms with Crippen LogP contribution in [-0.4, -0.2) is 13.1 Å². The first-order valence-electron chi connectivity index (χ1n) is 7.49. The monoisotopic (exact) mass is 305 g/mol. The first-order valence-corrected chi connectivity index (χ1v) is 7.49. The SMILES string of the molecule is COC(=O)C(CC#N)C(/C=C/c1ccccc1)c1ccccc1. The molecule has 2 aromatic rings. The second-order valence-electron chi connectivity index (χ2n) is 5.20. The molecule has 2 unspecified atom stereocenters. The predicted octanol–water partition coefficient (Wildman–Crippen LogP) is 4.19. The van der Waals surface area contributed by atoms with Gasteiger partial charge in [-0.15, -0.1) is 0 Å². The second kappa shape index (κ2) is 8.55. The average molecular weight is 305 g/mol. The largest absolute Gasteiger partial charge is 0.469 e. The Labute approximate surface area is 136 Å². The molecule has 0 aliphatic carbocycles. The highest BCUT2D eigenvalue weighted by Crippen LogP contribution is 2.30. The summed E-state index contributed by atoms with van der Waals surface area (Å²) in [6.45, 7) is 0. The third-order valence-electron chi connectivity index (χ3n) is 3.73. The van der Waals surface area contributed by atoms with Crippen molar-refractivity contribution < 1.29 is 9.53 Å². The summed E-state index contributed by atoms with van der Waals surface area (Å²) < 4.78 is 4.90. The van der Waals surface area contributed by atoms with E-state index in [0.29, 0.717) is 0 Å². The molecule has 3 heteroatoms. The van der Waals surface area contributed by atoms with Gasteiger partial charge in [0.1, 0.15) is 0 Å². The lowest BCUT2D eigenvalue weighted by atomic mass is 9.83. The lowest BCUT2D eigenvalue weighted by molar-refractivity contribution is -0.145. The van der Waals surface area contributed by atoms with Crippen LogP contribution < -0.4 is 0 Å². The van der Waals surface area contributed by atoms with Crippen molar-refractivity contribution in [1.82, 2.24) is 0 Å². The van der Waals surface area contributed by atoms with Gasteiger partial charge in [0, 0.05) is 12.3 Å². The summed E-state index contributed by atoms with van der Waals surface area (Å²) >= 11 is 0. The summed E-state index contributed by atoms with van der Waals surface area (Å²) in [5.74, 6) is -1.09. The molecule has 2 rings (SSSR count). The number of ether oxygens (including phenoxy) is 1. The van der Waals surface area contributed by atoms with E-state index in [-0.39, 0.29) is 18.3 Å². The van der Waals surface area contributed by atoms with E-state index in [1.54, 1.807) is 0 Å². The molecule has 0 radical (unpaired) electrons. The van der Waals surface area contributed by atoms with Crippen LogP contribution in [0.3, 0.4) is 0 Å². The second-order valence-corrected chi connectivity index (χ2v) is 5.20. The number of rotatable bonds is 6. The molecular formula is C20H19NO2. The molecule has 0 aromatic heterocycles. The number of benzene rings is 2. The van der Waals surface area contributed by atoms with Crippen LogP contribution in [0.5, 0.6) is 0 Å². The number of methoxy groups -OCH3 is 1. The molecule has 0 fully saturated rings. The fourth-order valence-corrected chi connectivity index (χ4v) is 2.54. The van der Waals surface area contributed by atoms with Gasteiger partial charge >= 0.3 is 5.97 Å². The zero-order valence-electron chi connectivity index (χ0n) is 13.1. The average Bonchev–Trinajstić information content (AvgIpc) is 2.62. The number of hydrogen-bond acceptors (Lipinski definition) is 3. The summed E-state index contributed by atoms with van der Waals surface area (Å²) in [5, 5.41) is 9.08. The zero-order valence-corrected chi connectivity index (χ0v) is 13.1. The van der Waals surface area contributed by atoms with Gasteiger partial charge in [-0.1, -0.05) is 72.8 Å². The van der Waals surface area contributed by atoms with Gasteiger partial charge < -0.3 is 4.74 Å². The van der Waals surface area contributed by atoms with Crippen molar-refractivity contribution in [1.29, 1.82) is 5.26 Å². The highest BCUT2D eigenvalue weighted by molar-refractivity contribution is 5.75. The molecule has 0 spiro atoms. The van der Waals surface area contributed by atoms with Crippen molar-refractivity contribution in [2.24, 2.45) is 5.92 Å². The van der Waals surface area contributed by atoms with Crippen molar-refractivity contribution in [3.63, 3.8) is 0 Å². The minimum absolute atomic E-state index is 0.116. The van der Waals surface area contributed by atoms with Gasteiger partial charge in [0.25, 0.3) is 0 Å². The van der Waals surface area contributed by atoms with E-state index in [1.165, 1.54) is 7.11 Å². The molecule has 0 N–H and O–H groups in total. The summed E-state index contributed by atoms with van der Waals surface area (Å²) in [6.07, 6.45) is 4.07. The quantitative estimate of drug-likeness (QED) is 0.752. The van der Waals surface area contributed by atoms with Crippen LogP contribution in [0.1, 0.15) is 23.5 Å². The van der Waals surface area contributed by atoms with Crippen LogP contribution in [-0.2, 0) is 9.53 Å². The maximum Gasteiger partial charge on any atom is 0.310 e. The Bertz CT molecular complexity index is 687. The summed E-state index contributed by atoms with van der Waals surface area (Å²) in [5.41, 5.74) is 2.04. The standard InChI is InChI=1S/C20H19NO2/c1-23-20(22)19(14-15-21)18(17-10-6-3-7-11-17)13-12-16-8-4-2-5-9-16/h2-13,18-19H,14H2,1H3/b13-12+. The van der Waals surface area contributed by atoms with Gasteiger partial charge in [-0.3, -0.25) is 4.79 Å². The van der Waals surface area contributed by atoms with Gasteiger partial charge in [-0.2, -0.15) is 5.26 Å². The normalized spacial score (nSPS) is 13.2. The first kappa shape index (κ1) is 16.5. The Balaban J connectivity index is 2.37. The number of nitrogens with zero attached hydrogens (tertiary/aromatic N) is 1. The van der Waals surface area contributed by atoms with Crippen LogP contribution in [0.4, 0.5) is 0 Å². The molecule has 0 aliphatic rings. The fourth-order valence-electron chi connectivity index (χ4n) is 2.54. The fraction of sp³-hybridized carbons (Fsp3) is 0.200. The van der Waals surface area contributed by atoms with Gasteiger partial charge in [-0.25, -0.2) is 0 Å². The molecule has 0 amide bonds. The molecule has 2 aromatic carbocycles. The molecule has 0 aliphatic heterocycles. The Hall–Kier alpha value is -2.86. The van der Waals surface area contributed by atoms with E-state index in [4.69, 9.17) is 10.00 Å². The van der Waals surface area contributed by atoms with Crippen molar-refractivity contribution >= 4 is 12.0 Å². The molecule has 0 bridgehead atoms. The van der Waals surface area contributed by atoms with Crippen molar-refractivity contribution in [2.75, 3.05) is 7.11 Å². The number of allylic oxidation sites excluding steroid dienone is 1. The molecule has 3 nitrogen and oxygen atoms in total. The van der Waals surface area contributed by atoms with Gasteiger partial charge in [0.15, 0.2) is 0 Å². The van der Waals surface area contributed by atoms with E-state index in [1.807, 2.05) is 72.8 Å². The summed E-state index contributed by atoms with van der Waals surface area (Å²) in [6, 6.07) is 21.7. The molecule has 116 valence electrons. The third-order valence-corrected chi connectivity index (χ3v) is 3.73. The molecule has 0 heterocycles. The lowest BCUT2D eigenvalue weighted by Crippen LogP contribution is -2.22. The van der Waals surface area contributed by atoms with E-state index in [2.05, 4.69) is 6.07 Å². The third kappa shape index (κ3) is 4.55. The summed E-state index contributed by atoms with van der Waals surface area (Å²) in [7, 11) is 1.36. The maximum atomic E-state index is 12.1. The Morgan fingerprint density at radius 3 is 2.30 bits per heavy atom. The zero-order chi connectivity index (χ0) is 16.5. The topological polar surface area (TPSA) is 50.1 Å². The van der Waals surface area contributed by atoms with E-state index >= 15 is 0 Å². The Morgan fingerprint density at radius 2 is 1.74 bits per heavy atom. The number of carbonyl (C=O) groups is 1. The van der Waals surface area contributed by atoms with Crippen LogP contribution in [0.2, 0.25) is 0 Å². The Morgan fingerprint density at radius 1 is 1.13 bits per heavy atom. The van der Waals surface area contributed by atoms with Crippen molar-refractivity contribution in [3.05, 3.63) is 77.9 Å². The highest BCUT2D eigenvalue weighted by atomic mass is 16.5. The lowest BCUT2D eigenvalue weighted by Gasteiger charge is -2.21. The smallest absolute Gasteiger partial charge is 0.310 e. The van der Waals surface area contributed by atoms with Crippen LogP contribution in [0.15, 0.2) is 66.7 Å². The van der Waals surface area contributed by atoms with Crippen LogP contribution in [0, 0.1) is 17.2 Å². The van der Waals surface area contributed by atoms with E-state index in [0.717, 1.165) is 11.1 Å². The van der Waals surface area contributed by atoms with Crippen molar-refractivity contribution in [2.45, 2.75) is 12.3 Å². The number of esters is 1. The molecule has 0 saturated heterocycles. The Kier molecular flexibility index (Phi) is 6.14. The molecule has 0 saturated carbocycles. The van der Waals surface area contributed by atoms with Gasteiger partial charge in [-0.05, 0) is 11.1 Å². The van der Waals surface area contributed by atoms with Crippen LogP contribution in [0.25, 0.3) is 6.08 Å². The predicted molar refractivity (Wildman–Crippen MR) is 90.4 cm³/mol. The van der Waals surface area contributed by atoms with Crippen molar-refractivity contribution in [3.8, 4) is 6.07 Å². The molecule has 23 heavy (non-hydrogen) atoms. The van der Waals surface area contributed by atoms with Gasteiger partial charge in [0.2, 0.25) is 0 Å². The summed E-state index contributed by atoms with van der Waals surface area (Å²) in [4.78, 5) is 12.1. The van der Waals surface area contributed by atoms with Gasteiger partial charge in [0.05, 0.1) is 19.1 Å².